The lowest BCUT2D eigenvalue weighted by Gasteiger charge is -2.53. The summed E-state index contributed by atoms with van der Waals surface area (Å²) >= 11 is 0. The Balaban J connectivity index is 1.56. The zero-order valence-electron chi connectivity index (χ0n) is 26.3. The predicted molar refractivity (Wildman–Crippen MR) is 165 cm³/mol. The standard InChI is InChI=1S/C34H33F6N3O5S/c1-24(26-17-28(33(35,36)37)19-29(18-26)34(38,39)40)48-23-32(27-11-6-3-7-12-27)14-13-31(21-41,43-15-8-16-49(43,45)46)22-42(32)30(44)47-20-25-9-4-2-5-10-25/h2-7,9-12,17-19,24H,8,13-16,20,22-23H2,1H3/t24-,31-,32-/m1/s1. The average Bonchev–Trinajstić information content (AvgIpc) is 3.45. The maximum Gasteiger partial charge on any atom is 0.416 e. The van der Waals surface area contributed by atoms with Crippen molar-refractivity contribution in [1.82, 2.24) is 9.21 Å². The molecule has 0 saturated carbocycles. The summed E-state index contributed by atoms with van der Waals surface area (Å²) in [6.45, 7) is 0.303. The van der Waals surface area contributed by atoms with Gasteiger partial charge < -0.3 is 9.47 Å². The van der Waals surface area contributed by atoms with Crippen LogP contribution in [0.5, 0.6) is 0 Å². The number of hydrogen-bond donors (Lipinski definition) is 0. The fourth-order valence-corrected chi connectivity index (χ4v) is 8.25. The van der Waals surface area contributed by atoms with Crippen molar-refractivity contribution in [2.24, 2.45) is 0 Å². The van der Waals surface area contributed by atoms with Gasteiger partial charge in [-0.1, -0.05) is 60.7 Å². The van der Waals surface area contributed by atoms with Crippen LogP contribution in [0.25, 0.3) is 0 Å². The Kier molecular flexibility index (Phi) is 10.1. The van der Waals surface area contributed by atoms with Crippen molar-refractivity contribution in [3.63, 3.8) is 0 Å². The minimum atomic E-state index is -5.07. The molecule has 15 heteroatoms. The summed E-state index contributed by atoms with van der Waals surface area (Å²) in [4.78, 5) is 15.3. The number of nitrogens with zero attached hydrogens (tertiary/aromatic N) is 3. The van der Waals surface area contributed by atoms with Gasteiger partial charge in [0.1, 0.15) is 12.1 Å². The van der Waals surface area contributed by atoms with E-state index in [9.17, 15) is 44.8 Å². The molecule has 0 bridgehead atoms. The molecule has 2 fully saturated rings. The molecule has 262 valence electrons. The number of hydrogen-bond acceptors (Lipinski definition) is 6. The number of halogens is 6. The first kappa shape index (κ1) is 36.2. The summed E-state index contributed by atoms with van der Waals surface area (Å²) in [5.74, 6) is -0.170. The average molecular weight is 710 g/mol. The van der Waals surface area contributed by atoms with Gasteiger partial charge in [-0.25, -0.2) is 13.2 Å². The number of piperidine rings is 1. The second-order valence-corrected chi connectivity index (χ2v) is 14.2. The number of alkyl halides is 6. The quantitative estimate of drug-likeness (QED) is 0.226. The molecule has 0 radical (unpaired) electrons. The van der Waals surface area contributed by atoms with E-state index >= 15 is 0 Å². The van der Waals surface area contributed by atoms with Crippen molar-refractivity contribution in [2.75, 3.05) is 25.4 Å². The molecular weight excluding hydrogens is 676 g/mol. The lowest BCUT2D eigenvalue weighted by Crippen LogP contribution is -2.66. The molecule has 5 rings (SSSR count). The zero-order valence-corrected chi connectivity index (χ0v) is 27.1. The molecule has 3 aromatic carbocycles. The van der Waals surface area contributed by atoms with Crippen LogP contribution in [0.1, 0.15) is 60.1 Å². The Morgan fingerprint density at radius 3 is 2.06 bits per heavy atom. The molecule has 1 amide bonds. The van der Waals surface area contributed by atoms with Crippen LogP contribution in [0.4, 0.5) is 31.1 Å². The van der Waals surface area contributed by atoms with Crippen molar-refractivity contribution >= 4 is 16.1 Å². The van der Waals surface area contributed by atoms with Gasteiger partial charge >= 0.3 is 18.4 Å². The van der Waals surface area contributed by atoms with Crippen LogP contribution >= 0.6 is 0 Å². The van der Waals surface area contributed by atoms with E-state index in [4.69, 9.17) is 9.47 Å². The number of nitriles is 1. The summed E-state index contributed by atoms with van der Waals surface area (Å²) in [7, 11) is -3.84. The number of rotatable bonds is 8. The van der Waals surface area contributed by atoms with Crippen LogP contribution in [0.3, 0.4) is 0 Å². The Hall–Kier alpha value is -4.13. The Labute approximate surface area is 279 Å². The Bertz CT molecular complexity index is 1770. The number of ether oxygens (including phenoxy) is 2. The van der Waals surface area contributed by atoms with Crippen LogP contribution in [-0.4, -0.2) is 54.7 Å². The summed E-state index contributed by atoms with van der Waals surface area (Å²) in [5, 5.41) is 10.5. The lowest BCUT2D eigenvalue weighted by molar-refractivity contribution is -0.143. The molecule has 0 spiro atoms. The number of sulfonamides is 1. The third-order valence-corrected chi connectivity index (χ3v) is 11.1. The number of carbonyl (C=O) groups excluding carboxylic acids is 1. The normalized spacial score (nSPS) is 23.5. The van der Waals surface area contributed by atoms with E-state index in [1.54, 1.807) is 60.7 Å². The summed E-state index contributed by atoms with van der Waals surface area (Å²) in [6, 6.07) is 20.4. The van der Waals surface area contributed by atoms with Gasteiger partial charge in [0.2, 0.25) is 10.0 Å². The van der Waals surface area contributed by atoms with E-state index in [0.29, 0.717) is 23.3 Å². The van der Waals surface area contributed by atoms with Crippen molar-refractivity contribution in [1.29, 1.82) is 5.26 Å². The molecule has 2 saturated heterocycles. The molecular formula is C34H33F6N3O5S. The van der Waals surface area contributed by atoms with Crippen LogP contribution in [-0.2, 0) is 44.0 Å². The SMILES string of the molecule is C[C@@H](OC[C@@]1(c2ccccc2)CC[C@](C#N)(N2CCCS2(=O)=O)CN1C(=O)OCc1ccccc1)c1cc(C(F)(F)F)cc(C(F)(F)F)c1. The van der Waals surface area contributed by atoms with Gasteiger partial charge in [0.15, 0.2) is 0 Å². The van der Waals surface area contributed by atoms with E-state index in [1.807, 2.05) is 0 Å². The second-order valence-electron chi connectivity index (χ2n) is 12.2. The molecule has 0 N–H and O–H groups in total. The minimum absolute atomic E-state index is 0.0289. The van der Waals surface area contributed by atoms with Crippen molar-refractivity contribution in [2.45, 2.75) is 62.3 Å². The first-order chi connectivity index (χ1) is 23.0. The summed E-state index contributed by atoms with van der Waals surface area (Å²) in [5.41, 5.74) is -5.42. The highest BCUT2D eigenvalue weighted by Crippen LogP contribution is 2.46. The van der Waals surface area contributed by atoms with Crippen LogP contribution in [0, 0.1) is 11.3 Å². The highest BCUT2D eigenvalue weighted by molar-refractivity contribution is 7.89. The third kappa shape index (κ3) is 7.56. The lowest BCUT2D eigenvalue weighted by atomic mass is 9.75. The van der Waals surface area contributed by atoms with Crippen molar-refractivity contribution < 1.29 is 49.0 Å². The second kappa shape index (κ2) is 13.6. The molecule has 3 atom stereocenters. The fourth-order valence-electron chi connectivity index (χ4n) is 6.40. The smallest absolute Gasteiger partial charge is 0.416 e. The summed E-state index contributed by atoms with van der Waals surface area (Å²) in [6.07, 6.45) is -12.2. The van der Waals surface area contributed by atoms with E-state index in [2.05, 4.69) is 6.07 Å². The van der Waals surface area contributed by atoms with Crippen LogP contribution in [0.2, 0.25) is 0 Å². The molecule has 49 heavy (non-hydrogen) atoms. The van der Waals surface area contributed by atoms with E-state index in [1.165, 1.54) is 11.8 Å². The van der Waals surface area contributed by atoms with Gasteiger partial charge in [-0.3, -0.25) is 4.90 Å². The van der Waals surface area contributed by atoms with Gasteiger partial charge in [0.05, 0.1) is 47.7 Å². The molecule has 2 heterocycles. The van der Waals surface area contributed by atoms with E-state index in [0.717, 1.165) is 4.31 Å². The molecule has 2 aliphatic rings. The van der Waals surface area contributed by atoms with Gasteiger partial charge in [-0.05, 0) is 61.1 Å². The van der Waals surface area contributed by atoms with Gasteiger partial charge in [0, 0.05) is 6.54 Å². The molecule has 8 nitrogen and oxygen atoms in total. The highest BCUT2D eigenvalue weighted by atomic mass is 32.2. The van der Waals surface area contributed by atoms with Crippen molar-refractivity contribution in [3.05, 3.63) is 107 Å². The Morgan fingerprint density at radius 1 is 0.939 bits per heavy atom. The Morgan fingerprint density at radius 2 is 1.53 bits per heavy atom. The van der Waals surface area contributed by atoms with Gasteiger partial charge in [-0.2, -0.15) is 35.9 Å². The zero-order chi connectivity index (χ0) is 35.7. The predicted octanol–water partition coefficient (Wildman–Crippen LogP) is 7.43. The molecule has 0 aliphatic carbocycles. The van der Waals surface area contributed by atoms with E-state index < -0.39 is 75.5 Å². The third-order valence-electron chi connectivity index (χ3n) is 9.06. The number of amides is 1. The number of carbonyl (C=O) groups is 1. The van der Waals surface area contributed by atoms with Gasteiger partial charge in [-0.15, -0.1) is 0 Å². The molecule has 3 aromatic rings. The topological polar surface area (TPSA) is 99.9 Å². The maximum atomic E-state index is 14.1. The maximum absolute atomic E-state index is 14.1. The first-order valence-corrected chi connectivity index (χ1v) is 17.0. The monoisotopic (exact) mass is 709 g/mol. The largest absolute Gasteiger partial charge is 0.445 e. The first-order valence-electron chi connectivity index (χ1n) is 15.4. The molecule has 0 aromatic heterocycles. The fraction of sp³-hybridized carbons (Fsp3) is 0.412. The number of benzene rings is 3. The molecule has 0 unspecified atom stereocenters. The highest BCUT2D eigenvalue weighted by Gasteiger charge is 2.57. The van der Waals surface area contributed by atoms with Crippen molar-refractivity contribution in [3.8, 4) is 6.07 Å². The summed E-state index contributed by atoms with van der Waals surface area (Å²) < 4.78 is 121. The minimum Gasteiger partial charge on any atom is -0.445 e. The van der Waals surface area contributed by atoms with Crippen LogP contribution in [0.15, 0.2) is 78.9 Å². The van der Waals surface area contributed by atoms with Gasteiger partial charge in [0.25, 0.3) is 0 Å². The van der Waals surface area contributed by atoms with Crippen LogP contribution < -0.4 is 0 Å². The number of likely N-dealkylation sites (tertiary alicyclic amines) is 1. The van der Waals surface area contributed by atoms with E-state index in [-0.39, 0.29) is 44.2 Å². The molecule has 2 aliphatic heterocycles.